The van der Waals surface area contributed by atoms with E-state index in [0.29, 0.717) is 37.4 Å². The second-order valence-electron chi connectivity index (χ2n) is 6.42. The van der Waals surface area contributed by atoms with Crippen molar-refractivity contribution in [3.05, 3.63) is 23.8 Å². The fraction of sp³-hybridized carbons (Fsp3) is 0.526. The number of nitriles is 1. The van der Waals surface area contributed by atoms with Gasteiger partial charge in [0.2, 0.25) is 11.8 Å². The van der Waals surface area contributed by atoms with E-state index in [2.05, 4.69) is 11.4 Å². The summed E-state index contributed by atoms with van der Waals surface area (Å²) in [4.78, 5) is 25.9. The Morgan fingerprint density at radius 1 is 1.37 bits per heavy atom. The largest absolute Gasteiger partial charge is 0.493 e. The monoisotopic (exact) mass is 374 g/mol. The van der Waals surface area contributed by atoms with Crippen LogP contribution in [0.4, 0.5) is 0 Å². The van der Waals surface area contributed by atoms with E-state index in [1.807, 2.05) is 18.2 Å². The zero-order chi connectivity index (χ0) is 19.8. The van der Waals surface area contributed by atoms with Crippen LogP contribution in [0.2, 0.25) is 0 Å². The molecule has 1 unspecified atom stereocenters. The zero-order valence-corrected chi connectivity index (χ0v) is 15.7. The molecule has 3 N–H and O–H groups in total. The number of nitrogens with zero attached hydrogens (tertiary/aromatic N) is 2. The Morgan fingerprint density at radius 3 is 2.78 bits per heavy atom. The minimum Gasteiger partial charge on any atom is -0.493 e. The predicted octanol–water partition coefficient (Wildman–Crippen LogP) is 0.594. The Balaban J connectivity index is 1.79. The van der Waals surface area contributed by atoms with E-state index in [1.165, 1.54) is 4.90 Å². The Morgan fingerprint density at radius 2 is 2.11 bits per heavy atom. The van der Waals surface area contributed by atoms with E-state index in [9.17, 15) is 9.59 Å². The summed E-state index contributed by atoms with van der Waals surface area (Å²) in [6.07, 6.45) is 1.96. The van der Waals surface area contributed by atoms with Crippen molar-refractivity contribution in [2.45, 2.75) is 37.8 Å². The molecular weight excluding hydrogens is 348 g/mol. The van der Waals surface area contributed by atoms with Crippen molar-refractivity contribution in [3.63, 3.8) is 0 Å². The number of amides is 2. The molecular formula is C19H26N4O4. The molecule has 1 aromatic rings. The van der Waals surface area contributed by atoms with Gasteiger partial charge in [-0.05, 0) is 37.0 Å². The number of nitrogens with two attached hydrogens (primary N) is 1. The van der Waals surface area contributed by atoms with Crippen LogP contribution in [0, 0.1) is 11.3 Å². The maximum Gasteiger partial charge on any atom is 0.241 e. The third kappa shape index (κ3) is 5.34. The maximum absolute atomic E-state index is 12.3. The first kappa shape index (κ1) is 20.5. The molecule has 1 fully saturated rings. The van der Waals surface area contributed by atoms with Gasteiger partial charge in [0.05, 0.1) is 32.8 Å². The van der Waals surface area contributed by atoms with Crippen LogP contribution in [0.1, 0.15) is 24.8 Å². The number of carbonyl (C=O) groups excluding carboxylic acids is 2. The second-order valence-corrected chi connectivity index (χ2v) is 6.42. The molecule has 0 spiro atoms. The second kappa shape index (κ2) is 9.78. The van der Waals surface area contributed by atoms with Gasteiger partial charge in [-0.1, -0.05) is 6.07 Å². The summed E-state index contributed by atoms with van der Waals surface area (Å²) < 4.78 is 10.4. The van der Waals surface area contributed by atoms with Crippen LogP contribution < -0.4 is 20.5 Å². The Hall–Kier alpha value is -2.79. The lowest BCUT2D eigenvalue weighted by Crippen LogP contribution is -2.47. The lowest BCUT2D eigenvalue weighted by atomic mass is 10.1. The van der Waals surface area contributed by atoms with Gasteiger partial charge in [0.15, 0.2) is 11.5 Å². The Kier molecular flexibility index (Phi) is 7.44. The smallest absolute Gasteiger partial charge is 0.241 e. The lowest BCUT2D eigenvalue weighted by molar-refractivity contribution is -0.135. The lowest BCUT2D eigenvalue weighted by Gasteiger charge is -2.23. The highest BCUT2D eigenvalue weighted by Gasteiger charge is 2.32. The SMILES string of the molecule is COc1ccc(CCNC(=O)CC(N)C(=O)N2CCC[C@H]2C#N)cc1OC. The molecule has 8 heteroatoms. The number of ether oxygens (including phenoxy) is 2. The molecule has 8 nitrogen and oxygen atoms in total. The van der Waals surface area contributed by atoms with Crippen molar-refractivity contribution >= 4 is 11.8 Å². The Bertz CT molecular complexity index is 716. The molecule has 1 aliphatic rings. The van der Waals surface area contributed by atoms with Gasteiger partial charge in [0, 0.05) is 13.1 Å². The highest BCUT2D eigenvalue weighted by Crippen LogP contribution is 2.27. The zero-order valence-electron chi connectivity index (χ0n) is 15.7. The first-order chi connectivity index (χ1) is 13.0. The summed E-state index contributed by atoms with van der Waals surface area (Å²) in [6.45, 7) is 0.936. The van der Waals surface area contributed by atoms with E-state index in [-0.39, 0.29) is 18.2 Å². The summed E-state index contributed by atoms with van der Waals surface area (Å²) in [5.74, 6) is 0.650. The van der Waals surface area contributed by atoms with Crippen LogP contribution in [-0.4, -0.2) is 56.1 Å². The van der Waals surface area contributed by atoms with Gasteiger partial charge in [-0.25, -0.2) is 0 Å². The predicted molar refractivity (Wildman–Crippen MR) is 99.2 cm³/mol. The topological polar surface area (TPSA) is 118 Å². The summed E-state index contributed by atoms with van der Waals surface area (Å²) in [5, 5.41) is 11.8. The first-order valence-electron chi connectivity index (χ1n) is 8.93. The molecule has 0 aliphatic carbocycles. The van der Waals surface area contributed by atoms with Gasteiger partial charge < -0.3 is 25.4 Å². The third-order valence-corrected chi connectivity index (χ3v) is 4.59. The van der Waals surface area contributed by atoms with Crippen LogP contribution in [0.25, 0.3) is 0 Å². The van der Waals surface area contributed by atoms with E-state index < -0.39 is 12.1 Å². The number of rotatable bonds is 8. The van der Waals surface area contributed by atoms with E-state index in [4.69, 9.17) is 20.5 Å². The van der Waals surface area contributed by atoms with Crippen molar-refractivity contribution in [2.24, 2.45) is 5.73 Å². The molecule has 0 aromatic heterocycles. The number of carbonyl (C=O) groups is 2. The fourth-order valence-electron chi connectivity index (χ4n) is 3.12. The highest BCUT2D eigenvalue weighted by molar-refractivity contribution is 5.88. The number of nitrogens with one attached hydrogen (secondary N) is 1. The number of methoxy groups -OCH3 is 2. The minimum absolute atomic E-state index is 0.0978. The van der Waals surface area contributed by atoms with Crippen molar-refractivity contribution in [2.75, 3.05) is 27.3 Å². The highest BCUT2D eigenvalue weighted by atomic mass is 16.5. The van der Waals surface area contributed by atoms with Gasteiger partial charge in [-0.2, -0.15) is 5.26 Å². The summed E-state index contributed by atoms with van der Waals surface area (Å²) in [5.41, 5.74) is 6.86. The van der Waals surface area contributed by atoms with E-state index >= 15 is 0 Å². The number of likely N-dealkylation sites (tertiary alicyclic amines) is 1. The van der Waals surface area contributed by atoms with Crippen LogP contribution in [0.15, 0.2) is 18.2 Å². The van der Waals surface area contributed by atoms with Gasteiger partial charge in [-0.15, -0.1) is 0 Å². The molecule has 146 valence electrons. The molecule has 1 aromatic carbocycles. The molecule has 0 bridgehead atoms. The number of benzene rings is 1. The maximum atomic E-state index is 12.3. The molecule has 27 heavy (non-hydrogen) atoms. The summed E-state index contributed by atoms with van der Waals surface area (Å²) in [6, 6.07) is 6.31. The minimum atomic E-state index is -0.931. The quantitative estimate of drug-likeness (QED) is 0.688. The average molecular weight is 374 g/mol. The van der Waals surface area contributed by atoms with Crippen molar-refractivity contribution in [3.8, 4) is 17.6 Å². The molecule has 1 saturated heterocycles. The van der Waals surface area contributed by atoms with Gasteiger partial charge >= 0.3 is 0 Å². The number of hydrogen-bond donors (Lipinski definition) is 2. The standard InChI is InChI=1S/C19H26N4O4/c1-26-16-6-5-13(10-17(16)27-2)7-8-22-18(24)11-15(21)19(25)23-9-3-4-14(23)12-20/h5-6,10,14-15H,3-4,7-9,11,21H2,1-2H3,(H,22,24)/t14-,15?/m0/s1. The third-order valence-electron chi connectivity index (χ3n) is 4.59. The van der Waals surface area contributed by atoms with Gasteiger partial charge in [0.25, 0.3) is 0 Å². The molecule has 2 rings (SSSR count). The van der Waals surface area contributed by atoms with E-state index in [1.54, 1.807) is 14.2 Å². The van der Waals surface area contributed by atoms with Crippen molar-refractivity contribution in [1.29, 1.82) is 5.26 Å². The van der Waals surface area contributed by atoms with Gasteiger partial charge in [0.1, 0.15) is 6.04 Å². The normalized spacial score (nSPS) is 17.1. The number of hydrogen-bond acceptors (Lipinski definition) is 6. The average Bonchev–Trinajstić information content (AvgIpc) is 3.15. The molecule has 1 aliphatic heterocycles. The van der Waals surface area contributed by atoms with Crippen LogP contribution in [0.5, 0.6) is 11.5 Å². The van der Waals surface area contributed by atoms with Gasteiger partial charge in [-0.3, -0.25) is 9.59 Å². The van der Waals surface area contributed by atoms with Crippen molar-refractivity contribution < 1.29 is 19.1 Å². The first-order valence-corrected chi connectivity index (χ1v) is 8.93. The Labute approximate surface area is 159 Å². The van der Waals surface area contributed by atoms with E-state index in [0.717, 1.165) is 12.0 Å². The molecule has 2 amide bonds. The summed E-state index contributed by atoms with van der Waals surface area (Å²) in [7, 11) is 3.14. The molecule has 0 saturated carbocycles. The summed E-state index contributed by atoms with van der Waals surface area (Å²) >= 11 is 0. The van der Waals surface area contributed by atoms with Crippen LogP contribution in [-0.2, 0) is 16.0 Å². The molecule has 2 atom stereocenters. The molecule has 1 heterocycles. The fourth-order valence-corrected chi connectivity index (χ4v) is 3.12. The van der Waals surface area contributed by atoms with Crippen LogP contribution in [0.3, 0.4) is 0 Å². The molecule has 0 radical (unpaired) electrons. The van der Waals surface area contributed by atoms with Crippen molar-refractivity contribution in [1.82, 2.24) is 10.2 Å². The van der Waals surface area contributed by atoms with Crippen LogP contribution >= 0.6 is 0 Å².